The maximum atomic E-state index is 10.8. The number of aliphatic hydroxyl groups excluding tert-OH is 1. The number of carbonyl (C=O) groups is 1. The molecule has 1 N–H and O–H groups in total. The topological polar surface area (TPSA) is 80.7 Å². The summed E-state index contributed by atoms with van der Waals surface area (Å²) in [7, 11) is -3.38. The Kier molecular flexibility index (Phi) is 1.89. The van der Waals surface area contributed by atoms with Crippen LogP contribution in [-0.4, -0.2) is 43.7 Å². The van der Waals surface area contributed by atoms with E-state index in [1.54, 1.807) is 0 Å². The van der Waals surface area contributed by atoms with Gasteiger partial charge in [0.1, 0.15) is 11.9 Å². The highest BCUT2D eigenvalue weighted by atomic mass is 32.2. The molecule has 0 aromatic heterocycles. The average Bonchev–Trinajstić information content (AvgIpc) is 2.11. The van der Waals surface area contributed by atoms with Crippen LogP contribution in [0.3, 0.4) is 0 Å². The fraction of sp³-hybridized carbons (Fsp3) is 0.800. The Labute approximate surface area is 63.9 Å². The molecule has 1 saturated heterocycles. The molecule has 0 bridgehead atoms. The van der Waals surface area contributed by atoms with Crippen molar-refractivity contribution in [1.29, 1.82) is 0 Å². The normalized spacial score (nSPS) is 32.0. The Morgan fingerprint density at radius 3 is 2.36 bits per heavy atom. The van der Waals surface area contributed by atoms with Gasteiger partial charge < -0.3 is 9.84 Å². The van der Waals surface area contributed by atoms with Gasteiger partial charge in [0.2, 0.25) is 0 Å². The van der Waals surface area contributed by atoms with E-state index in [4.69, 9.17) is 5.11 Å². The summed E-state index contributed by atoms with van der Waals surface area (Å²) in [6.07, 6.45) is -0.548. The third kappa shape index (κ3) is 1.51. The lowest BCUT2D eigenvalue weighted by atomic mass is 10.3. The third-order valence-electron chi connectivity index (χ3n) is 1.53. The maximum Gasteiger partial charge on any atom is 0.336 e. The fourth-order valence-corrected chi connectivity index (χ4v) is 1.74. The highest BCUT2D eigenvalue weighted by Gasteiger charge is 2.41. The minimum absolute atomic E-state index is 0.237. The molecule has 6 heteroatoms. The van der Waals surface area contributed by atoms with Gasteiger partial charge in [-0.1, -0.05) is 0 Å². The van der Waals surface area contributed by atoms with Gasteiger partial charge in [0.25, 0.3) is 0 Å². The lowest BCUT2D eigenvalue weighted by molar-refractivity contribution is -0.144. The summed E-state index contributed by atoms with van der Waals surface area (Å²) in [5.41, 5.74) is 0. The molecule has 2 atom stereocenters. The zero-order valence-corrected chi connectivity index (χ0v) is 6.67. The van der Waals surface area contributed by atoms with Crippen molar-refractivity contribution in [2.24, 2.45) is 0 Å². The van der Waals surface area contributed by atoms with Crippen LogP contribution in [0.1, 0.15) is 0 Å². The molecule has 1 fully saturated rings. The maximum absolute atomic E-state index is 10.8. The number of aliphatic hydroxyl groups is 1. The second kappa shape index (κ2) is 2.46. The Balaban J connectivity index is 2.87. The molecule has 0 spiro atoms. The van der Waals surface area contributed by atoms with Crippen molar-refractivity contribution in [3.8, 4) is 0 Å². The van der Waals surface area contributed by atoms with Gasteiger partial charge in [-0.15, -0.1) is 0 Å². The van der Waals surface area contributed by atoms with Crippen LogP contribution < -0.4 is 0 Å². The number of cyclic esters (lactones) is 1. The average molecular weight is 180 g/mol. The van der Waals surface area contributed by atoms with E-state index in [0.29, 0.717) is 0 Å². The van der Waals surface area contributed by atoms with Crippen LogP contribution in [0.2, 0.25) is 0 Å². The van der Waals surface area contributed by atoms with Gasteiger partial charge >= 0.3 is 5.97 Å². The SMILES string of the molecule is CS(=O)(=O)[C@H]1COC(=O)[C@@H]1O. The Bertz CT molecular complexity index is 267. The molecule has 0 radical (unpaired) electrons. The van der Waals surface area contributed by atoms with Gasteiger partial charge in [-0.25, -0.2) is 13.2 Å². The number of esters is 1. The lowest BCUT2D eigenvalue weighted by Gasteiger charge is -2.05. The summed E-state index contributed by atoms with van der Waals surface area (Å²) >= 11 is 0. The molecule has 1 aliphatic rings. The smallest absolute Gasteiger partial charge is 0.336 e. The van der Waals surface area contributed by atoms with E-state index >= 15 is 0 Å². The molecule has 1 heterocycles. The summed E-state index contributed by atoms with van der Waals surface area (Å²) in [4.78, 5) is 10.5. The summed E-state index contributed by atoms with van der Waals surface area (Å²) in [5, 5.41) is 7.85. The summed E-state index contributed by atoms with van der Waals surface area (Å²) in [6, 6.07) is 0. The largest absolute Gasteiger partial charge is 0.462 e. The first-order valence-electron chi connectivity index (χ1n) is 2.96. The van der Waals surface area contributed by atoms with Gasteiger partial charge in [0, 0.05) is 6.26 Å². The molecule has 0 amide bonds. The van der Waals surface area contributed by atoms with Crippen molar-refractivity contribution in [1.82, 2.24) is 0 Å². The van der Waals surface area contributed by atoms with Crippen molar-refractivity contribution >= 4 is 15.8 Å². The zero-order valence-electron chi connectivity index (χ0n) is 5.85. The van der Waals surface area contributed by atoms with E-state index in [9.17, 15) is 13.2 Å². The number of hydrogen-bond acceptors (Lipinski definition) is 5. The molecule has 1 rings (SSSR count). The molecule has 64 valence electrons. The second-order valence-electron chi connectivity index (χ2n) is 2.44. The highest BCUT2D eigenvalue weighted by molar-refractivity contribution is 7.91. The van der Waals surface area contributed by atoms with Crippen LogP contribution in [0, 0.1) is 0 Å². The molecule has 0 aromatic carbocycles. The van der Waals surface area contributed by atoms with E-state index in [1.165, 1.54) is 0 Å². The van der Waals surface area contributed by atoms with E-state index in [0.717, 1.165) is 6.26 Å². The molecule has 0 aliphatic carbocycles. The monoisotopic (exact) mass is 180 g/mol. The van der Waals surface area contributed by atoms with E-state index in [1.807, 2.05) is 0 Å². The minimum atomic E-state index is -3.38. The Morgan fingerprint density at radius 1 is 1.64 bits per heavy atom. The van der Waals surface area contributed by atoms with E-state index in [2.05, 4.69) is 4.74 Å². The van der Waals surface area contributed by atoms with Gasteiger partial charge in [-0.3, -0.25) is 0 Å². The molecule has 1 aliphatic heterocycles. The number of ether oxygens (including phenoxy) is 1. The van der Waals surface area contributed by atoms with Crippen LogP contribution in [0.4, 0.5) is 0 Å². The van der Waals surface area contributed by atoms with Crippen LogP contribution in [0.25, 0.3) is 0 Å². The number of rotatable bonds is 1. The first-order valence-corrected chi connectivity index (χ1v) is 4.92. The van der Waals surface area contributed by atoms with Gasteiger partial charge in [0.15, 0.2) is 15.9 Å². The van der Waals surface area contributed by atoms with Gasteiger partial charge in [-0.05, 0) is 0 Å². The van der Waals surface area contributed by atoms with Crippen molar-refractivity contribution in [3.05, 3.63) is 0 Å². The number of hydrogen-bond donors (Lipinski definition) is 1. The molecule has 0 aromatic rings. The number of sulfone groups is 1. The molecular weight excluding hydrogens is 172 g/mol. The van der Waals surface area contributed by atoms with Crippen LogP contribution in [0.5, 0.6) is 0 Å². The van der Waals surface area contributed by atoms with Crippen molar-refractivity contribution in [2.75, 3.05) is 12.9 Å². The summed E-state index contributed by atoms with van der Waals surface area (Å²) in [6.45, 7) is -0.237. The lowest BCUT2D eigenvalue weighted by Crippen LogP contribution is -2.33. The van der Waals surface area contributed by atoms with Gasteiger partial charge in [-0.2, -0.15) is 0 Å². The molecule has 5 nitrogen and oxygen atoms in total. The van der Waals surface area contributed by atoms with Crippen molar-refractivity contribution < 1.29 is 23.1 Å². The molecule has 0 unspecified atom stereocenters. The zero-order chi connectivity index (χ0) is 8.65. The Morgan fingerprint density at radius 2 is 2.18 bits per heavy atom. The van der Waals surface area contributed by atoms with Crippen LogP contribution >= 0.6 is 0 Å². The predicted molar refractivity (Wildman–Crippen MR) is 35.6 cm³/mol. The Hall–Kier alpha value is -0.620. The summed E-state index contributed by atoms with van der Waals surface area (Å²) in [5.74, 6) is -0.861. The van der Waals surface area contributed by atoms with Crippen LogP contribution in [0.15, 0.2) is 0 Å². The van der Waals surface area contributed by atoms with Gasteiger partial charge in [0.05, 0.1) is 0 Å². The minimum Gasteiger partial charge on any atom is -0.462 e. The number of carbonyl (C=O) groups excluding carboxylic acids is 1. The fourth-order valence-electron chi connectivity index (χ4n) is 0.850. The van der Waals surface area contributed by atoms with E-state index in [-0.39, 0.29) is 6.61 Å². The molecule has 0 saturated carbocycles. The first kappa shape index (κ1) is 8.48. The standard InChI is InChI=1S/C5H8O5S/c1-11(8,9)3-2-10-5(7)4(3)6/h3-4,6H,2H2,1H3/t3-,4+/m0/s1. The van der Waals surface area contributed by atoms with Crippen molar-refractivity contribution in [2.45, 2.75) is 11.4 Å². The van der Waals surface area contributed by atoms with Crippen molar-refractivity contribution in [3.63, 3.8) is 0 Å². The van der Waals surface area contributed by atoms with Crippen LogP contribution in [-0.2, 0) is 19.4 Å². The van der Waals surface area contributed by atoms with E-state index < -0.39 is 27.2 Å². The second-order valence-corrected chi connectivity index (χ2v) is 4.71. The predicted octanol–water partition coefficient (Wildman–Crippen LogP) is -1.68. The highest BCUT2D eigenvalue weighted by Crippen LogP contribution is 2.14. The quantitative estimate of drug-likeness (QED) is 0.487. The molecular formula is C5H8O5S. The third-order valence-corrected chi connectivity index (χ3v) is 3.03. The summed E-state index contributed by atoms with van der Waals surface area (Å²) < 4.78 is 25.9. The molecule has 11 heavy (non-hydrogen) atoms. The first-order chi connectivity index (χ1) is 4.93.